The Labute approximate surface area is 158 Å². The lowest BCUT2D eigenvalue weighted by Crippen LogP contribution is -2.02. The highest BCUT2D eigenvalue weighted by Crippen LogP contribution is 2.20. The monoisotopic (exact) mass is 384 g/mol. The Bertz CT molecular complexity index is 1030. The molecule has 142 valence electrons. The Balaban J connectivity index is 1.78. The van der Waals surface area contributed by atoms with Crippen molar-refractivity contribution in [3.63, 3.8) is 0 Å². The first kappa shape index (κ1) is 19.0. The summed E-state index contributed by atoms with van der Waals surface area (Å²) in [6.07, 6.45) is 4.64. The molecule has 0 saturated heterocycles. The van der Waals surface area contributed by atoms with Crippen LogP contribution in [0.3, 0.4) is 0 Å². The first-order chi connectivity index (χ1) is 13.4. The second-order valence-electron chi connectivity index (χ2n) is 5.68. The highest BCUT2D eigenvalue weighted by Gasteiger charge is 2.09. The number of carbonyl (C=O) groups is 1. The Hall–Kier alpha value is -3.81. The molecule has 0 saturated carbocycles. The Morgan fingerprint density at radius 1 is 1.11 bits per heavy atom. The molecule has 3 aromatic rings. The third-order valence-corrected chi connectivity index (χ3v) is 3.87. The van der Waals surface area contributed by atoms with Crippen LogP contribution in [0.1, 0.15) is 16.1 Å². The number of hydrogen-bond donors (Lipinski definition) is 0. The number of aromatic nitrogens is 1. The van der Waals surface area contributed by atoms with Crippen LogP contribution in [0.5, 0.6) is 5.75 Å². The molecule has 0 fully saturated rings. The molecular formula is C20H14F2N2O4. The molecule has 1 heterocycles. The molecule has 0 bridgehead atoms. The van der Waals surface area contributed by atoms with Crippen molar-refractivity contribution in [2.75, 3.05) is 0 Å². The van der Waals surface area contributed by atoms with Crippen LogP contribution in [0.25, 0.3) is 11.8 Å². The molecule has 28 heavy (non-hydrogen) atoms. The smallest absolute Gasteiger partial charge is 0.387 e. The number of hydrogen-bond acceptors (Lipinski definition) is 4. The molecule has 8 heteroatoms. The Morgan fingerprint density at radius 2 is 1.86 bits per heavy atom. The van der Waals surface area contributed by atoms with E-state index in [9.17, 15) is 23.7 Å². The van der Waals surface area contributed by atoms with E-state index in [1.807, 2.05) is 0 Å². The van der Waals surface area contributed by atoms with Gasteiger partial charge in [-0.25, -0.2) is 0 Å². The second kappa shape index (κ2) is 8.26. The number of ether oxygens (including phenoxy) is 1. The van der Waals surface area contributed by atoms with Crippen LogP contribution in [0.15, 0.2) is 72.9 Å². The van der Waals surface area contributed by atoms with E-state index in [-0.39, 0.29) is 17.2 Å². The number of carbonyl (C=O) groups excluding carboxylic acids is 1. The van der Waals surface area contributed by atoms with Crippen molar-refractivity contribution in [3.8, 4) is 11.4 Å². The molecule has 0 radical (unpaired) electrons. The van der Waals surface area contributed by atoms with Crippen molar-refractivity contribution < 1.29 is 23.2 Å². The van der Waals surface area contributed by atoms with Gasteiger partial charge in [-0.3, -0.25) is 14.9 Å². The number of nitro groups is 1. The Morgan fingerprint density at radius 3 is 2.54 bits per heavy atom. The first-order valence-corrected chi connectivity index (χ1v) is 8.13. The summed E-state index contributed by atoms with van der Waals surface area (Å²) in [4.78, 5) is 22.8. The van der Waals surface area contributed by atoms with Gasteiger partial charge in [0.25, 0.3) is 5.69 Å². The van der Waals surface area contributed by atoms with Crippen molar-refractivity contribution in [2.24, 2.45) is 0 Å². The van der Waals surface area contributed by atoms with Gasteiger partial charge in [0.2, 0.25) is 0 Å². The Kier molecular flexibility index (Phi) is 5.59. The van der Waals surface area contributed by atoms with Crippen molar-refractivity contribution in [1.29, 1.82) is 0 Å². The lowest BCUT2D eigenvalue weighted by atomic mass is 10.1. The van der Waals surface area contributed by atoms with Gasteiger partial charge in [0.1, 0.15) is 5.75 Å². The highest BCUT2D eigenvalue weighted by molar-refractivity contribution is 6.06. The fourth-order valence-electron chi connectivity index (χ4n) is 2.58. The number of allylic oxidation sites excluding steroid dienone is 1. The van der Waals surface area contributed by atoms with E-state index in [4.69, 9.17) is 0 Å². The summed E-state index contributed by atoms with van der Waals surface area (Å²) < 4.78 is 30.3. The van der Waals surface area contributed by atoms with Gasteiger partial charge in [-0.15, -0.1) is 0 Å². The van der Waals surface area contributed by atoms with Gasteiger partial charge in [-0.2, -0.15) is 8.78 Å². The minimum atomic E-state index is -2.93. The molecule has 2 aromatic carbocycles. The largest absolute Gasteiger partial charge is 0.435 e. The van der Waals surface area contributed by atoms with Crippen molar-refractivity contribution >= 4 is 17.5 Å². The number of non-ortho nitro benzene ring substituents is 1. The zero-order valence-corrected chi connectivity index (χ0v) is 14.4. The van der Waals surface area contributed by atoms with Gasteiger partial charge >= 0.3 is 6.61 Å². The molecule has 0 spiro atoms. The number of halogens is 2. The molecule has 0 aliphatic rings. The summed E-state index contributed by atoms with van der Waals surface area (Å²) in [6, 6.07) is 15.0. The van der Waals surface area contributed by atoms with Crippen molar-refractivity contribution in [1.82, 2.24) is 4.57 Å². The predicted molar refractivity (Wildman–Crippen MR) is 98.9 cm³/mol. The fraction of sp³-hybridized carbons (Fsp3) is 0.0500. The number of nitro benzene ring substituents is 1. The van der Waals surface area contributed by atoms with E-state index >= 15 is 0 Å². The number of rotatable bonds is 7. The SMILES string of the molecule is O=C(/C=C/c1cccn1-c1cccc([N+](=O)[O-])c1)c1ccc(OC(F)F)cc1. The number of alkyl halides is 2. The van der Waals surface area contributed by atoms with Gasteiger partial charge in [-0.1, -0.05) is 6.07 Å². The molecule has 0 aliphatic heterocycles. The number of ketones is 1. The van der Waals surface area contributed by atoms with Crippen LogP contribution in [-0.4, -0.2) is 21.9 Å². The maximum Gasteiger partial charge on any atom is 0.387 e. The maximum absolute atomic E-state index is 12.3. The molecule has 1 aromatic heterocycles. The summed E-state index contributed by atoms with van der Waals surface area (Å²) in [5.74, 6) is -0.356. The van der Waals surface area contributed by atoms with Gasteiger partial charge in [0.15, 0.2) is 5.78 Å². The van der Waals surface area contributed by atoms with Crippen LogP contribution in [0.2, 0.25) is 0 Å². The number of nitrogens with zero attached hydrogens (tertiary/aromatic N) is 2. The first-order valence-electron chi connectivity index (χ1n) is 8.13. The highest BCUT2D eigenvalue weighted by atomic mass is 19.3. The van der Waals surface area contributed by atoms with E-state index in [1.165, 1.54) is 42.5 Å². The molecule has 6 nitrogen and oxygen atoms in total. The quantitative estimate of drug-likeness (QED) is 0.252. The average Bonchev–Trinajstić information content (AvgIpc) is 3.15. The van der Waals surface area contributed by atoms with Gasteiger partial charge < -0.3 is 9.30 Å². The molecule has 0 unspecified atom stereocenters. The minimum absolute atomic E-state index is 0.0323. The van der Waals surface area contributed by atoms with Crippen LogP contribution in [-0.2, 0) is 0 Å². The molecule has 0 atom stereocenters. The maximum atomic E-state index is 12.3. The average molecular weight is 384 g/mol. The standard InChI is InChI=1S/C20H14F2N2O4/c21-20(22)28-18-9-6-14(7-10-18)19(25)11-8-15-5-2-12-23(15)16-3-1-4-17(13-16)24(26)27/h1-13,20H/b11-8+. The van der Waals surface area contributed by atoms with Crippen molar-refractivity contribution in [2.45, 2.75) is 6.61 Å². The molecule has 0 N–H and O–H groups in total. The zero-order valence-electron chi connectivity index (χ0n) is 14.4. The van der Waals surface area contributed by atoms with Crippen molar-refractivity contribution in [3.05, 3.63) is 94.3 Å². The summed E-state index contributed by atoms with van der Waals surface area (Å²) in [5.41, 5.74) is 1.50. The van der Waals surface area contributed by atoms with E-state index in [0.29, 0.717) is 16.9 Å². The fourth-order valence-corrected chi connectivity index (χ4v) is 2.58. The third kappa shape index (κ3) is 4.47. The lowest BCUT2D eigenvalue weighted by Gasteiger charge is -2.06. The summed E-state index contributed by atoms with van der Waals surface area (Å²) in [5, 5.41) is 10.9. The van der Waals surface area contributed by atoms with Gasteiger partial charge in [0.05, 0.1) is 10.6 Å². The van der Waals surface area contributed by atoms with Crippen LogP contribution < -0.4 is 4.74 Å². The predicted octanol–water partition coefficient (Wildman–Crippen LogP) is 4.88. The summed E-state index contributed by atoms with van der Waals surface area (Å²) in [6.45, 7) is -2.93. The van der Waals surface area contributed by atoms with E-state index < -0.39 is 11.5 Å². The van der Waals surface area contributed by atoms with Gasteiger partial charge in [-0.05, 0) is 54.6 Å². The van der Waals surface area contributed by atoms with E-state index in [1.54, 1.807) is 41.1 Å². The van der Waals surface area contributed by atoms with E-state index in [0.717, 1.165) is 0 Å². The molecule has 0 aliphatic carbocycles. The summed E-state index contributed by atoms with van der Waals surface area (Å²) >= 11 is 0. The summed E-state index contributed by atoms with van der Waals surface area (Å²) in [7, 11) is 0. The van der Waals surface area contributed by atoms with Gasteiger partial charge in [0, 0.05) is 29.6 Å². The van der Waals surface area contributed by atoms with Crippen LogP contribution in [0.4, 0.5) is 14.5 Å². The van der Waals surface area contributed by atoms with Crippen LogP contribution >= 0.6 is 0 Å². The minimum Gasteiger partial charge on any atom is -0.435 e. The number of benzene rings is 2. The molecule has 0 amide bonds. The molecular weight excluding hydrogens is 370 g/mol. The third-order valence-electron chi connectivity index (χ3n) is 3.87. The molecule has 3 rings (SSSR count). The van der Waals surface area contributed by atoms with E-state index in [2.05, 4.69) is 4.74 Å². The lowest BCUT2D eigenvalue weighted by molar-refractivity contribution is -0.384. The second-order valence-corrected chi connectivity index (χ2v) is 5.68. The van der Waals surface area contributed by atoms with Crippen LogP contribution in [0, 0.1) is 10.1 Å². The normalized spacial score (nSPS) is 11.1. The topological polar surface area (TPSA) is 74.4 Å². The zero-order chi connectivity index (χ0) is 20.1.